The molecule has 1 fully saturated rings. The lowest BCUT2D eigenvalue weighted by atomic mass is 10.0. The van der Waals surface area contributed by atoms with E-state index in [0.717, 1.165) is 64.0 Å². The third-order valence-corrected chi connectivity index (χ3v) is 5.57. The van der Waals surface area contributed by atoms with Gasteiger partial charge in [0.05, 0.1) is 16.3 Å². The van der Waals surface area contributed by atoms with Gasteiger partial charge >= 0.3 is 0 Å². The molecule has 1 aliphatic heterocycles. The quantitative estimate of drug-likeness (QED) is 0.657. The fraction of sp³-hybridized carbons (Fsp3) is 0.600. The molecule has 2 aromatic heterocycles. The number of fused-ring (bicyclic) bond motifs is 1. The molecule has 1 amide bonds. The Bertz CT molecular complexity index is 815. The van der Waals surface area contributed by atoms with Crippen molar-refractivity contribution in [2.75, 3.05) is 39.1 Å². The van der Waals surface area contributed by atoms with Crippen LogP contribution in [0.5, 0.6) is 0 Å². The molecule has 8 heteroatoms. The van der Waals surface area contributed by atoms with E-state index in [9.17, 15) is 4.79 Å². The van der Waals surface area contributed by atoms with Gasteiger partial charge in [-0.15, -0.1) is 0 Å². The highest BCUT2D eigenvalue weighted by Gasteiger charge is 2.23. The van der Waals surface area contributed by atoms with Crippen LogP contribution >= 0.6 is 11.6 Å². The average Bonchev–Trinajstić information content (AvgIpc) is 3.10. The third-order valence-electron chi connectivity index (χ3n) is 5.27. The Morgan fingerprint density at radius 3 is 2.86 bits per heavy atom. The summed E-state index contributed by atoms with van der Waals surface area (Å²) in [5.41, 5.74) is 8.05. The number of rotatable bonds is 8. The number of nitrogens with one attached hydrogen (secondary N) is 1. The monoisotopic (exact) mass is 407 g/mol. The van der Waals surface area contributed by atoms with Crippen molar-refractivity contribution in [3.8, 4) is 0 Å². The van der Waals surface area contributed by atoms with Crippen molar-refractivity contribution in [2.24, 2.45) is 0 Å². The number of likely N-dealkylation sites (tertiary alicyclic amines) is 1. The number of amides is 1. The average molecular weight is 408 g/mol. The largest absolute Gasteiger partial charge is 0.385 e. The zero-order chi connectivity index (χ0) is 20.1. The number of nitrogen functional groups attached to an aromatic ring is 1. The molecule has 0 unspecified atom stereocenters. The van der Waals surface area contributed by atoms with Gasteiger partial charge in [-0.2, -0.15) is 0 Å². The lowest BCUT2D eigenvalue weighted by Crippen LogP contribution is -2.45. The second-order valence-corrected chi connectivity index (χ2v) is 7.81. The number of carbonyl (C=O) groups is 1. The van der Waals surface area contributed by atoms with Crippen LogP contribution in [0.2, 0.25) is 5.02 Å². The molecule has 0 saturated carbocycles. The van der Waals surface area contributed by atoms with Gasteiger partial charge in [0.2, 0.25) is 0 Å². The fourth-order valence-corrected chi connectivity index (χ4v) is 3.92. The number of carbonyl (C=O) groups excluding carboxylic acids is 1. The van der Waals surface area contributed by atoms with E-state index < -0.39 is 0 Å². The van der Waals surface area contributed by atoms with Crippen LogP contribution in [0.15, 0.2) is 12.3 Å². The Balaban J connectivity index is 1.68. The summed E-state index contributed by atoms with van der Waals surface area (Å²) in [6.07, 6.45) is 6.59. The summed E-state index contributed by atoms with van der Waals surface area (Å²) in [6.45, 7) is 5.88. The fourth-order valence-electron chi connectivity index (χ4n) is 3.72. The van der Waals surface area contributed by atoms with E-state index in [1.165, 1.54) is 0 Å². The van der Waals surface area contributed by atoms with Crippen molar-refractivity contribution in [3.63, 3.8) is 0 Å². The molecule has 154 valence electrons. The van der Waals surface area contributed by atoms with Gasteiger partial charge in [-0.1, -0.05) is 24.9 Å². The summed E-state index contributed by atoms with van der Waals surface area (Å²) < 4.78 is 6.84. The number of aromatic nitrogens is 2. The van der Waals surface area contributed by atoms with Crippen LogP contribution < -0.4 is 11.1 Å². The molecule has 3 rings (SSSR count). The molecule has 0 spiro atoms. The summed E-state index contributed by atoms with van der Waals surface area (Å²) in [7, 11) is 1.73. The van der Waals surface area contributed by atoms with Crippen molar-refractivity contribution in [3.05, 3.63) is 28.5 Å². The summed E-state index contributed by atoms with van der Waals surface area (Å²) in [5.74, 6) is 0.269. The Labute approximate surface area is 171 Å². The number of anilines is 1. The number of piperidine rings is 1. The predicted molar refractivity (Wildman–Crippen MR) is 112 cm³/mol. The van der Waals surface area contributed by atoms with Gasteiger partial charge in [-0.25, -0.2) is 4.98 Å². The number of hydrogen-bond acceptors (Lipinski definition) is 5. The maximum Gasteiger partial charge on any atom is 0.255 e. The molecule has 0 radical (unpaired) electrons. The van der Waals surface area contributed by atoms with Gasteiger partial charge in [-0.05, 0) is 31.7 Å². The van der Waals surface area contributed by atoms with Crippen molar-refractivity contribution in [1.29, 1.82) is 0 Å². The van der Waals surface area contributed by atoms with Gasteiger partial charge < -0.3 is 20.7 Å². The van der Waals surface area contributed by atoms with Gasteiger partial charge in [0.15, 0.2) is 5.65 Å². The Morgan fingerprint density at radius 1 is 1.43 bits per heavy atom. The number of imidazole rings is 1. The van der Waals surface area contributed by atoms with Gasteiger partial charge in [0, 0.05) is 45.6 Å². The maximum absolute atomic E-state index is 13.0. The van der Waals surface area contributed by atoms with Crippen LogP contribution in [0.1, 0.15) is 48.7 Å². The number of hydrogen-bond donors (Lipinski definition) is 2. The molecule has 0 atom stereocenters. The molecule has 0 aliphatic carbocycles. The summed E-state index contributed by atoms with van der Waals surface area (Å²) >= 11 is 6.28. The molecule has 7 nitrogen and oxygen atoms in total. The number of nitrogens with two attached hydrogens (primary N) is 1. The van der Waals surface area contributed by atoms with E-state index in [-0.39, 0.29) is 11.9 Å². The minimum absolute atomic E-state index is 0.140. The Morgan fingerprint density at radius 2 is 2.18 bits per heavy atom. The number of aryl methyl sites for hydroxylation is 1. The highest BCUT2D eigenvalue weighted by Crippen LogP contribution is 2.25. The molecule has 28 heavy (non-hydrogen) atoms. The molecule has 3 N–H and O–H groups in total. The summed E-state index contributed by atoms with van der Waals surface area (Å²) in [4.78, 5) is 20.0. The zero-order valence-electron chi connectivity index (χ0n) is 16.7. The van der Waals surface area contributed by atoms with Crippen LogP contribution in [-0.2, 0) is 11.2 Å². The topological polar surface area (TPSA) is 84.9 Å². The highest BCUT2D eigenvalue weighted by molar-refractivity contribution is 6.33. The predicted octanol–water partition coefficient (Wildman–Crippen LogP) is 2.75. The Hall–Kier alpha value is -1.83. The molecule has 3 heterocycles. The first-order valence-electron chi connectivity index (χ1n) is 10.0. The molecule has 2 aromatic rings. The van der Waals surface area contributed by atoms with Crippen molar-refractivity contribution in [1.82, 2.24) is 19.6 Å². The maximum atomic E-state index is 13.0. The SMILES string of the molecule is CCCc1cn2c(N)c(Cl)cc(C(=O)NC3CCN(CCCOC)CC3)c2n1. The minimum atomic E-state index is -0.140. The normalized spacial score (nSPS) is 16.0. The van der Waals surface area contributed by atoms with Crippen LogP contribution in [-0.4, -0.2) is 59.6 Å². The van der Waals surface area contributed by atoms with Crippen molar-refractivity contribution < 1.29 is 9.53 Å². The summed E-state index contributed by atoms with van der Waals surface area (Å²) in [6, 6.07) is 1.79. The molecule has 1 saturated heterocycles. The zero-order valence-corrected chi connectivity index (χ0v) is 17.5. The smallest absolute Gasteiger partial charge is 0.255 e. The van der Waals surface area contributed by atoms with Gasteiger partial charge in [0.1, 0.15) is 5.82 Å². The molecular weight excluding hydrogens is 378 g/mol. The van der Waals surface area contributed by atoms with E-state index in [0.29, 0.717) is 22.1 Å². The summed E-state index contributed by atoms with van der Waals surface area (Å²) in [5, 5.41) is 3.53. The lowest BCUT2D eigenvalue weighted by molar-refractivity contribution is 0.0908. The third kappa shape index (κ3) is 4.77. The number of methoxy groups -OCH3 is 1. The second-order valence-electron chi connectivity index (χ2n) is 7.40. The van der Waals surface area contributed by atoms with E-state index in [1.54, 1.807) is 17.6 Å². The number of halogens is 1. The minimum Gasteiger partial charge on any atom is -0.385 e. The van der Waals surface area contributed by atoms with Crippen LogP contribution in [0.3, 0.4) is 0 Å². The highest BCUT2D eigenvalue weighted by atomic mass is 35.5. The Kier molecular flexibility index (Phi) is 7.15. The van der Waals surface area contributed by atoms with E-state index in [1.807, 2.05) is 6.20 Å². The first-order valence-corrected chi connectivity index (χ1v) is 10.4. The van der Waals surface area contributed by atoms with Crippen molar-refractivity contribution >= 4 is 29.0 Å². The van der Waals surface area contributed by atoms with Crippen LogP contribution in [0, 0.1) is 0 Å². The standard InChI is InChI=1S/C20H30ClN5O2/c1-3-5-15-13-26-18(22)17(21)12-16(19(26)23-15)20(27)24-14-6-9-25(10-7-14)8-4-11-28-2/h12-14H,3-11,22H2,1-2H3,(H,24,27). The van der Waals surface area contributed by atoms with Crippen molar-refractivity contribution in [2.45, 2.75) is 45.1 Å². The van der Waals surface area contributed by atoms with Gasteiger partial charge in [0.25, 0.3) is 5.91 Å². The molecule has 0 bridgehead atoms. The second kappa shape index (κ2) is 9.58. The lowest BCUT2D eigenvalue weighted by Gasteiger charge is -2.32. The molecular formula is C20H30ClN5O2. The molecule has 0 aromatic carbocycles. The first kappa shape index (κ1) is 20.9. The number of nitrogens with zero attached hydrogens (tertiary/aromatic N) is 3. The van der Waals surface area contributed by atoms with E-state index >= 15 is 0 Å². The van der Waals surface area contributed by atoms with Crippen LogP contribution in [0.25, 0.3) is 5.65 Å². The molecule has 1 aliphatic rings. The number of ether oxygens (including phenoxy) is 1. The van der Waals surface area contributed by atoms with Crippen LogP contribution in [0.4, 0.5) is 5.82 Å². The van der Waals surface area contributed by atoms with E-state index in [2.05, 4.69) is 22.1 Å². The number of pyridine rings is 1. The first-order chi connectivity index (χ1) is 13.5. The van der Waals surface area contributed by atoms with Gasteiger partial charge in [-0.3, -0.25) is 9.20 Å². The van der Waals surface area contributed by atoms with E-state index in [4.69, 9.17) is 22.1 Å².